The van der Waals surface area contributed by atoms with Crippen molar-refractivity contribution in [2.45, 2.75) is 18.6 Å². The molecule has 2 aromatic carbocycles. The van der Waals surface area contributed by atoms with E-state index in [1.54, 1.807) is 13.2 Å². The fourth-order valence-electron chi connectivity index (χ4n) is 2.57. The Balaban J connectivity index is 1.97. The van der Waals surface area contributed by atoms with Gasteiger partial charge < -0.3 is 15.2 Å². The maximum atomic E-state index is 6.28. The summed E-state index contributed by atoms with van der Waals surface area (Å²) in [7, 11) is 1.63. The molecule has 110 valence electrons. The summed E-state index contributed by atoms with van der Waals surface area (Å²) in [5.74, 6) is 1.53. The molecule has 0 saturated carbocycles. The molecule has 3 rings (SSSR count). The van der Waals surface area contributed by atoms with Crippen molar-refractivity contribution in [3.63, 3.8) is 0 Å². The summed E-state index contributed by atoms with van der Waals surface area (Å²) in [6.07, 6.45) is 0.437. The molecule has 2 atom stereocenters. The lowest BCUT2D eigenvalue weighted by atomic mass is 9.93. The van der Waals surface area contributed by atoms with Crippen LogP contribution >= 0.6 is 23.2 Å². The Hall–Kier alpha value is -1.42. The molecular weight excluding hydrogens is 309 g/mol. The van der Waals surface area contributed by atoms with E-state index in [1.807, 2.05) is 30.3 Å². The maximum Gasteiger partial charge on any atom is 0.127 e. The Morgan fingerprint density at radius 3 is 2.76 bits per heavy atom. The van der Waals surface area contributed by atoms with Crippen molar-refractivity contribution in [3.8, 4) is 11.5 Å². The van der Waals surface area contributed by atoms with Crippen LogP contribution in [0, 0.1) is 0 Å². The number of rotatable bonds is 2. The van der Waals surface area contributed by atoms with Crippen molar-refractivity contribution in [2.75, 3.05) is 7.11 Å². The lowest BCUT2D eigenvalue weighted by molar-refractivity contribution is 0.161. The van der Waals surface area contributed by atoms with Gasteiger partial charge in [-0.15, -0.1) is 0 Å². The Kier molecular flexibility index (Phi) is 3.98. The number of nitrogens with two attached hydrogens (primary N) is 1. The lowest BCUT2D eigenvalue weighted by Crippen LogP contribution is -2.24. The van der Waals surface area contributed by atoms with Crippen LogP contribution < -0.4 is 15.2 Å². The fourth-order valence-corrected chi connectivity index (χ4v) is 3.00. The molecule has 0 amide bonds. The van der Waals surface area contributed by atoms with Gasteiger partial charge in [0.25, 0.3) is 0 Å². The van der Waals surface area contributed by atoms with Gasteiger partial charge in [0, 0.05) is 23.6 Å². The number of ether oxygens (including phenoxy) is 2. The van der Waals surface area contributed by atoms with Crippen LogP contribution in [-0.4, -0.2) is 7.11 Å². The standard InChI is InChI=1S/C16H15Cl2NO2/c1-20-9-5-6-14-11(7-9)13(19)8-15(21-14)10-3-2-4-12(17)16(10)18/h2-7,13,15H,8,19H2,1H3/t13-,15?/m0/s1. The zero-order valence-electron chi connectivity index (χ0n) is 11.5. The van der Waals surface area contributed by atoms with E-state index in [0.717, 1.165) is 22.6 Å². The molecule has 21 heavy (non-hydrogen) atoms. The van der Waals surface area contributed by atoms with E-state index in [4.69, 9.17) is 38.4 Å². The van der Waals surface area contributed by atoms with Crippen molar-refractivity contribution in [1.29, 1.82) is 0 Å². The Morgan fingerprint density at radius 1 is 1.19 bits per heavy atom. The van der Waals surface area contributed by atoms with Gasteiger partial charge in [0.15, 0.2) is 0 Å². The van der Waals surface area contributed by atoms with E-state index in [0.29, 0.717) is 16.5 Å². The summed E-state index contributed by atoms with van der Waals surface area (Å²) in [6, 6.07) is 11.0. The fraction of sp³-hybridized carbons (Fsp3) is 0.250. The van der Waals surface area contributed by atoms with Gasteiger partial charge in [-0.05, 0) is 24.3 Å². The van der Waals surface area contributed by atoms with Crippen molar-refractivity contribution in [3.05, 3.63) is 57.6 Å². The summed E-state index contributed by atoms with van der Waals surface area (Å²) >= 11 is 12.4. The Bertz CT molecular complexity index is 675. The normalized spacial score (nSPS) is 20.6. The molecule has 0 spiro atoms. The third-order valence-corrected chi connectivity index (χ3v) is 4.52. The molecule has 0 aliphatic carbocycles. The van der Waals surface area contributed by atoms with Crippen LogP contribution in [0.25, 0.3) is 0 Å². The van der Waals surface area contributed by atoms with E-state index in [1.165, 1.54) is 0 Å². The molecular formula is C16H15Cl2NO2. The second-order valence-corrected chi connectivity index (χ2v) is 5.78. The molecule has 3 nitrogen and oxygen atoms in total. The van der Waals surface area contributed by atoms with Gasteiger partial charge in [-0.2, -0.15) is 0 Å². The third-order valence-electron chi connectivity index (χ3n) is 3.68. The molecule has 5 heteroatoms. The zero-order chi connectivity index (χ0) is 15.0. The molecule has 0 radical (unpaired) electrons. The van der Waals surface area contributed by atoms with Crippen LogP contribution in [0.4, 0.5) is 0 Å². The number of hydrogen-bond donors (Lipinski definition) is 1. The summed E-state index contributed by atoms with van der Waals surface area (Å²) in [4.78, 5) is 0. The summed E-state index contributed by atoms with van der Waals surface area (Å²) in [5, 5.41) is 1.04. The number of methoxy groups -OCH3 is 1. The average molecular weight is 324 g/mol. The van der Waals surface area contributed by atoms with Crippen molar-refractivity contribution < 1.29 is 9.47 Å². The molecule has 0 fully saturated rings. The average Bonchev–Trinajstić information content (AvgIpc) is 2.49. The SMILES string of the molecule is COc1ccc2c(c1)[C@@H](N)CC(c1cccc(Cl)c1Cl)O2. The molecule has 2 aromatic rings. The molecule has 0 saturated heterocycles. The van der Waals surface area contributed by atoms with Crippen LogP contribution in [0.3, 0.4) is 0 Å². The summed E-state index contributed by atoms with van der Waals surface area (Å²) in [6.45, 7) is 0. The monoisotopic (exact) mass is 323 g/mol. The maximum absolute atomic E-state index is 6.28. The highest BCUT2D eigenvalue weighted by atomic mass is 35.5. The first-order valence-corrected chi connectivity index (χ1v) is 7.40. The van der Waals surface area contributed by atoms with E-state index in [-0.39, 0.29) is 12.1 Å². The molecule has 1 aliphatic heterocycles. The van der Waals surface area contributed by atoms with Crippen LogP contribution in [0.1, 0.15) is 29.7 Å². The highest BCUT2D eigenvalue weighted by Crippen LogP contribution is 2.43. The summed E-state index contributed by atoms with van der Waals surface area (Å²) < 4.78 is 11.3. The first kappa shape index (κ1) is 14.5. The number of fused-ring (bicyclic) bond motifs is 1. The minimum atomic E-state index is -0.202. The van der Waals surface area contributed by atoms with Crippen molar-refractivity contribution in [2.24, 2.45) is 5.73 Å². The largest absolute Gasteiger partial charge is 0.497 e. The van der Waals surface area contributed by atoms with Crippen molar-refractivity contribution >= 4 is 23.2 Å². The molecule has 0 bridgehead atoms. The van der Waals surface area contributed by atoms with Gasteiger partial charge in [-0.1, -0.05) is 35.3 Å². The van der Waals surface area contributed by atoms with E-state index in [2.05, 4.69) is 0 Å². The molecule has 1 aliphatic rings. The molecule has 1 unspecified atom stereocenters. The first-order valence-electron chi connectivity index (χ1n) is 6.64. The lowest BCUT2D eigenvalue weighted by Gasteiger charge is -2.31. The van der Waals surface area contributed by atoms with Crippen LogP contribution in [0.5, 0.6) is 11.5 Å². The minimum Gasteiger partial charge on any atom is -0.497 e. The van der Waals surface area contributed by atoms with Gasteiger partial charge in [-0.3, -0.25) is 0 Å². The molecule has 0 aromatic heterocycles. The highest BCUT2D eigenvalue weighted by molar-refractivity contribution is 6.42. The molecule has 2 N–H and O–H groups in total. The number of hydrogen-bond acceptors (Lipinski definition) is 3. The van der Waals surface area contributed by atoms with Gasteiger partial charge in [0.2, 0.25) is 0 Å². The summed E-state index contributed by atoms with van der Waals surface area (Å²) in [5.41, 5.74) is 8.08. The van der Waals surface area contributed by atoms with Gasteiger partial charge in [0.05, 0.1) is 17.2 Å². The van der Waals surface area contributed by atoms with Gasteiger partial charge >= 0.3 is 0 Å². The second kappa shape index (κ2) is 5.76. The number of benzene rings is 2. The predicted molar refractivity (Wildman–Crippen MR) is 84.4 cm³/mol. The first-order chi connectivity index (χ1) is 10.1. The third kappa shape index (κ3) is 2.69. The topological polar surface area (TPSA) is 44.5 Å². The van der Waals surface area contributed by atoms with Crippen LogP contribution in [0.15, 0.2) is 36.4 Å². The van der Waals surface area contributed by atoms with Gasteiger partial charge in [0.1, 0.15) is 17.6 Å². The Morgan fingerprint density at radius 2 is 2.00 bits per heavy atom. The highest BCUT2D eigenvalue weighted by Gasteiger charge is 2.29. The van der Waals surface area contributed by atoms with E-state index in [9.17, 15) is 0 Å². The van der Waals surface area contributed by atoms with E-state index >= 15 is 0 Å². The van der Waals surface area contributed by atoms with Crippen LogP contribution in [-0.2, 0) is 0 Å². The van der Waals surface area contributed by atoms with Gasteiger partial charge in [-0.25, -0.2) is 0 Å². The second-order valence-electron chi connectivity index (χ2n) is 5.00. The van der Waals surface area contributed by atoms with Crippen molar-refractivity contribution in [1.82, 2.24) is 0 Å². The predicted octanol–water partition coefficient (Wildman–Crippen LogP) is 4.53. The molecule has 1 heterocycles. The smallest absolute Gasteiger partial charge is 0.127 e. The zero-order valence-corrected chi connectivity index (χ0v) is 13.0. The van der Waals surface area contributed by atoms with E-state index < -0.39 is 0 Å². The van der Waals surface area contributed by atoms with Crippen LogP contribution in [0.2, 0.25) is 10.0 Å². The minimum absolute atomic E-state index is 0.135. The number of halogens is 2. The Labute approximate surface area is 133 Å². The quantitative estimate of drug-likeness (QED) is 0.883.